The fourth-order valence-corrected chi connectivity index (χ4v) is 5.40. The average Bonchev–Trinajstić information content (AvgIpc) is 3.45. The molecule has 13 heteroatoms. The Kier molecular flexibility index (Phi) is 6.48. The van der Waals surface area contributed by atoms with Gasteiger partial charge in [0.15, 0.2) is 0 Å². The summed E-state index contributed by atoms with van der Waals surface area (Å²) in [5.41, 5.74) is 1.42. The van der Waals surface area contributed by atoms with Gasteiger partial charge in [0.05, 0.1) is 29.9 Å². The Morgan fingerprint density at radius 2 is 1.84 bits per heavy atom. The molecule has 0 radical (unpaired) electrons. The number of carbonyl (C=O) groups excluding carboxylic acids is 4. The third-order valence-corrected chi connectivity index (χ3v) is 7.16. The van der Waals surface area contributed by atoms with Crippen LogP contribution in [0.25, 0.3) is 0 Å². The van der Waals surface area contributed by atoms with E-state index in [1.54, 1.807) is 24.5 Å². The SMILES string of the molecule is O=C1CCC(N2C(=O)c3cccc(NC(c4cn[nH]c4)C4CCN(CC(F)(F)F)CC4)c3C2=O)C(=O)N1. The maximum absolute atomic E-state index is 13.4. The number of aromatic nitrogens is 2. The van der Waals surface area contributed by atoms with E-state index in [9.17, 15) is 32.3 Å². The Bertz CT molecular complexity index is 1220. The minimum atomic E-state index is -4.26. The predicted molar refractivity (Wildman–Crippen MR) is 123 cm³/mol. The first kappa shape index (κ1) is 24.9. The molecule has 3 N–H and O–H groups in total. The van der Waals surface area contributed by atoms with Gasteiger partial charge in [-0.25, -0.2) is 0 Å². The lowest BCUT2D eigenvalue weighted by molar-refractivity contribution is -0.148. The summed E-state index contributed by atoms with van der Waals surface area (Å²) in [6, 6.07) is 3.32. The fraction of sp³-hybridized carbons (Fsp3) is 0.458. The maximum atomic E-state index is 13.4. The molecule has 3 aliphatic heterocycles. The highest BCUT2D eigenvalue weighted by molar-refractivity contribution is 6.25. The Labute approximate surface area is 209 Å². The number of hydrogen-bond acceptors (Lipinski definition) is 7. The van der Waals surface area contributed by atoms with Crippen molar-refractivity contribution in [1.82, 2.24) is 25.3 Å². The zero-order chi connectivity index (χ0) is 26.3. The topological polar surface area (TPSA) is 128 Å². The number of piperidine rings is 2. The molecule has 0 saturated carbocycles. The molecule has 2 saturated heterocycles. The van der Waals surface area contributed by atoms with Gasteiger partial charge in [0.2, 0.25) is 11.8 Å². The van der Waals surface area contributed by atoms with Crippen molar-refractivity contribution in [3.63, 3.8) is 0 Å². The van der Waals surface area contributed by atoms with Crippen LogP contribution in [-0.4, -0.2) is 75.5 Å². The average molecular weight is 518 g/mol. The van der Waals surface area contributed by atoms with Crippen molar-refractivity contribution in [2.75, 3.05) is 25.0 Å². The predicted octanol–water partition coefficient (Wildman–Crippen LogP) is 2.24. The standard InChI is InChI=1S/C24H25F3N6O4/c25-24(26,27)12-32-8-6-13(7-9-32)20(14-10-28-29-11-14)30-16-3-1-2-15-19(16)23(37)33(22(15)36)17-4-5-18(34)31-21(17)35/h1-3,10-11,13,17,20,30H,4-9,12H2,(H,28,29)(H,31,34,35). The number of benzene rings is 1. The third-order valence-electron chi connectivity index (χ3n) is 7.16. The van der Waals surface area contributed by atoms with E-state index in [1.165, 1.54) is 11.0 Å². The van der Waals surface area contributed by atoms with Crippen LogP contribution in [0.15, 0.2) is 30.6 Å². The molecule has 196 valence electrons. The van der Waals surface area contributed by atoms with Crippen molar-refractivity contribution in [1.29, 1.82) is 0 Å². The van der Waals surface area contributed by atoms with Crippen molar-refractivity contribution in [2.24, 2.45) is 5.92 Å². The van der Waals surface area contributed by atoms with E-state index in [2.05, 4.69) is 20.8 Å². The summed E-state index contributed by atoms with van der Waals surface area (Å²) in [5.74, 6) is -2.45. The number of hydrogen-bond donors (Lipinski definition) is 3. The summed E-state index contributed by atoms with van der Waals surface area (Å²) < 4.78 is 38.5. The van der Waals surface area contributed by atoms with Gasteiger partial charge in [-0.3, -0.25) is 39.4 Å². The lowest BCUT2D eigenvalue weighted by Crippen LogP contribution is -2.54. The second-order valence-corrected chi connectivity index (χ2v) is 9.56. The molecule has 3 aliphatic rings. The normalized spacial score (nSPS) is 22.2. The minimum absolute atomic E-state index is 0.0184. The van der Waals surface area contributed by atoms with Gasteiger partial charge in [0.1, 0.15) is 6.04 Å². The van der Waals surface area contributed by atoms with Gasteiger partial charge in [-0.2, -0.15) is 18.3 Å². The van der Waals surface area contributed by atoms with Crippen molar-refractivity contribution in [3.05, 3.63) is 47.3 Å². The zero-order valence-electron chi connectivity index (χ0n) is 19.7. The Morgan fingerprint density at radius 1 is 1.08 bits per heavy atom. The van der Waals surface area contributed by atoms with Gasteiger partial charge in [-0.05, 0) is 50.4 Å². The van der Waals surface area contributed by atoms with Gasteiger partial charge < -0.3 is 5.32 Å². The molecule has 4 amide bonds. The molecule has 1 aromatic heterocycles. The maximum Gasteiger partial charge on any atom is 0.401 e. The molecule has 37 heavy (non-hydrogen) atoms. The smallest absolute Gasteiger partial charge is 0.377 e. The first-order chi connectivity index (χ1) is 17.6. The van der Waals surface area contributed by atoms with Crippen LogP contribution >= 0.6 is 0 Å². The van der Waals surface area contributed by atoms with Crippen molar-refractivity contribution in [3.8, 4) is 0 Å². The highest BCUT2D eigenvalue weighted by Gasteiger charge is 2.46. The number of imide groups is 2. The van der Waals surface area contributed by atoms with E-state index in [4.69, 9.17) is 0 Å². The van der Waals surface area contributed by atoms with Crippen LogP contribution in [0.1, 0.15) is 58.0 Å². The summed E-state index contributed by atoms with van der Waals surface area (Å²) >= 11 is 0. The van der Waals surface area contributed by atoms with E-state index in [0.717, 1.165) is 10.5 Å². The van der Waals surface area contributed by atoms with Gasteiger partial charge in [-0.15, -0.1) is 0 Å². The second-order valence-electron chi connectivity index (χ2n) is 9.56. The highest BCUT2D eigenvalue weighted by atomic mass is 19.4. The molecule has 5 rings (SSSR count). The first-order valence-corrected chi connectivity index (χ1v) is 12.0. The molecular formula is C24H25F3N6O4. The Balaban J connectivity index is 1.39. The number of alkyl halides is 3. The fourth-order valence-electron chi connectivity index (χ4n) is 5.40. The van der Waals surface area contributed by atoms with Crippen molar-refractivity contribution in [2.45, 2.75) is 43.9 Å². The van der Waals surface area contributed by atoms with Gasteiger partial charge >= 0.3 is 6.18 Å². The van der Waals surface area contributed by atoms with Crippen LogP contribution in [0.4, 0.5) is 18.9 Å². The number of amides is 4. The molecular weight excluding hydrogens is 493 g/mol. The molecule has 2 atom stereocenters. The van der Waals surface area contributed by atoms with Crippen LogP contribution in [0.3, 0.4) is 0 Å². The summed E-state index contributed by atoms with van der Waals surface area (Å²) in [4.78, 5) is 52.8. The van der Waals surface area contributed by atoms with Crippen molar-refractivity contribution >= 4 is 29.3 Å². The number of anilines is 1. The largest absolute Gasteiger partial charge is 0.401 e. The van der Waals surface area contributed by atoms with Crippen molar-refractivity contribution < 1.29 is 32.3 Å². The summed E-state index contributed by atoms with van der Waals surface area (Å²) in [6.07, 6.45) is 0.0854. The molecule has 2 fully saturated rings. The number of likely N-dealkylation sites (tertiary alicyclic amines) is 1. The van der Waals surface area contributed by atoms with Crippen LogP contribution < -0.4 is 10.6 Å². The lowest BCUT2D eigenvalue weighted by Gasteiger charge is -2.37. The number of aromatic amines is 1. The van der Waals surface area contributed by atoms with E-state index >= 15 is 0 Å². The third kappa shape index (κ3) is 4.95. The summed E-state index contributed by atoms with van der Waals surface area (Å²) in [6.45, 7) is -0.413. The van der Waals surface area contributed by atoms with Crippen LogP contribution in [0.5, 0.6) is 0 Å². The number of halogens is 3. The monoisotopic (exact) mass is 518 g/mol. The van der Waals surface area contributed by atoms with Crippen LogP contribution in [0.2, 0.25) is 0 Å². The first-order valence-electron chi connectivity index (χ1n) is 12.0. The number of fused-ring (bicyclic) bond motifs is 1. The number of nitrogens with one attached hydrogen (secondary N) is 3. The highest BCUT2D eigenvalue weighted by Crippen LogP contribution is 2.38. The molecule has 0 spiro atoms. The minimum Gasteiger partial charge on any atom is -0.377 e. The number of carbonyl (C=O) groups is 4. The Morgan fingerprint density at radius 3 is 2.49 bits per heavy atom. The number of H-pyrrole nitrogens is 1. The zero-order valence-corrected chi connectivity index (χ0v) is 19.7. The molecule has 4 heterocycles. The number of nitrogens with zero attached hydrogens (tertiary/aromatic N) is 3. The molecule has 10 nitrogen and oxygen atoms in total. The quantitative estimate of drug-likeness (QED) is 0.501. The Hall–Kier alpha value is -3.74. The molecule has 2 aromatic rings. The van der Waals surface area contributed by atoms with Crippen LogP contribution in [0, 0.1) is 5.92 Å². The number of rotatable bonds is 6. The van der Waals surface area contributed by atoms with Gasteiger partial charge in [0, 0.05) is 23.9 Å². The summed E-state index contributed by atoms with van der Waals surface area (Å²) in [7, 11) is 0. The molecule has 2 unspecified atom stereocenters. The van der Waals surface area contributed by atoms with E-state index < -0.39 is 42.4 Å². The second kappa shape index (κ2) is 9.61. The van der Waals surface area contributed by atoms with Gasteiger partial charge in [-0.1, -0.05) is 6.07 Å². The van der Waals surface area contributed by atoms with E-state index in [-0.39, 0.29) is 49.0 Å². The van der Waals surface area contributed by atoms with Crippen LogP contribution in [-0.2, 0) is 9.59 Å². The van der Waals surface area contributed by atoms with E-state index in [0.29, 0.717) is 18.5 Å². The molecule has 1 aromatic carbocycles. The van der Waals surface area contributed by atoms with Gasteiger partial charge in [0.25, 0.3) is 11.8 Å². The lowest BCUT2D eigenvalue weighted by atomic mass is 9.86. The molecule has 0 bridgehead atoms. The summed E-state index contributed by atoms with van der Waals surface area (Å²) in [5, 5.41) is 12.3. The van der Waals surface area contributed by atoms with E-state index in [1.807, 2.05) is 0 Å². The molecule has 0 aliphatic carbocycles.